The third-order valence-corrected chi connectivity index (χ3v) is 6.06. The number of nitrogens with zero attached hydrogens (tertiary/aromatic N) is 2. The zero-order chi connectivity index (χ0) is 22.5. The Labute approximate surface area is 186 Å². The topological polar surface area (TPSA) is 103 Å². The summed E-state index contributed by atoms with van der Waals surface area (Å²) in [6.07, 6.45) is 6.63. The van der Waals surface area contributed by atoms with Crippen LogP contribution >= 0.6 is 0 Å². The van der Waals surface area contributed by atoms with Crippen LogP contribution in [-0.4, -0.2) is 53.2 Å². The molecule has 32 heavy (non-hydrogen) atoms. The fraction of sp³-hybridized carbons (Fsp3) is 0.400. The van der Waals surface area contributed by atoms with Gasteiger partial charge in [0.2, 0.25) is 5.43 Å². The summed E-state index contributed by atoms with van der Waals surface area (Å²) in [5.74, 6) is -0.795. The molecular weight excluding hydrogens is 408 g/mol. The molecule has 2 aromatic carbocycles. The second kappa shape index (κ2) is 9.96. The Morgan fingerprint density at radius 3 is 2.62 bits per heavy atom. The maximum Gasteiger partial charge on any atom is 0.313 e. The van der Waals surface area contributed by atoms with Crippen molar-refractivity contribution in [3.63, 3.8) is 0 Å². The van der Waals surface area contributed by atoms with Crippen LogP contribution < -0.4 is 5.43 Å². The molecule has 1 saturated heterocycles. The first-order valence-electron chi connectivity index (χ1n) is 11.2. The first-order valence-corrected chi connectivity index (χ1v) is 11.2. The number of aliphatic carboxylic acids is 1. The number of fused-ring (bicyclic) bond motifs is 3. The van der Waals surface area contributed by atoms with Crippen LogP contribution in [-0.2, 0) is 4.79 Å². The van der Waals surface area contributed by atoms with Gasteiger partial charge in [-0.05, 0) is 49.1 Å². The zero-order valence-corrected chi connectivity index (χ0v) is 18.0. The highest BCUT2D eigenvalue weighted by atomic mass is 16.4. The van der Waals surface area contributed by atoms with Crippen LogP contribution in [0.2, 0.25) is 0 Å². The van der Waals surface area contributed by atoms with E-state index in [-0.39, 0.29) is 5.43 Å². The summed E-state index contributed by atoms with van der Waals surface area (Å²) >= 11 is 0. The van der Waals surface area contributed by atoms with Crippen molar-refractivity contribution < 1.29 is 19.4 Å². The van der Waals surface area contributed by atoms with Crippen molar-refractivity contribution in [2.75, 3.05) is 26.2 Å². The summed E-state index contributed by atoms with van der Waals surface area (Å²) in [5, 5.41) is 19.0. The van der Waals surface area contributed by atoms with E-state index in [1.165, 1.54) is 57.1 Å². The van der Waals surface area contributed by atoms with E-state index in [2.05, 4.69) is 9.89 Å². The van der Waals surface area contributed by atoms with Gasteiger partial charge in [-0.3, -0.25) is 14.6 Å². The van der Waals surface area contributed by atoms with E-state index in [0.29, 0.717) is 27.5 Å². The molecule has 0 aliphatic carbocycles. The molecule has 2 aliphatic heterocycles. The number of amidine groups is 1. The highest BCUT2D eigenvalue weighted by molar-refractivity contribution is 5.90. The van der Waals surface area contributed by atoms with Crippen LogP contribution in [0.25, 0.3) is 21.9 Å². The average molecular weight is 437 g/mol. The Bertz CT molecular complexity index is 1200. The summed E-state index contributed by atoms with van der Waals surface area (Å²) in [5.41, 5.74) is 1.04. The van der Waals surface area contributed by atoms with Crippen molar-refractivity contribution in [3.05, 3.63) is 58.3 Å². The van der Waals surface area contributed by atoms with E-state index in [1.54, 1.807) is 36.4 Å². The van der Waals surface area contributed by atoms with Crippen LogP contribution in [0.4, 0.5) is 0 Å². The minimum atomic E-state index is -1.14. The summed E-state index contributed by atoms with van der Waals surface area (Å²) < 4.78 is 5.65. The molecule has 2 aliphatic rings. The van der Waals surface area contributed by atoms with Gasteiger partial charge in [-0.25, -0.2) is 0 Å². The second-order valence-electron chi connectivity index (χ2n) is 8.21. The molecule has 1 unspecified atom stereocenters. The number of para-hydroxylation sites is 1. The average Bonchev–Trinajstić information content (AvgIpc) is 3.06. The van der Waals surface area contributed by atoms with Crippen LogP contribution in [0.3, 0.4) is 0 Å². The molecule has 7 heteroatoms. The molecule has 1 aromatic heterocycles. The first kappa shape index (κ1) is 22.0. The van der Waals surface area contributed by atoms with Crippen molar-refractivity contribution in [1.29, 1.82) is 0 Å². The van der Waals surface area contributed by atoms with Gasteiger partial charge in [0.1, 0.15) is 17.1 Å². The number of carboxylic acids is 1. The van der Waals surface area contributed by atoms with Gasteiger partial charge in [-0.1, -0.05) is 24.6 Å². The maximum absolute atomic E-state index is 12.5. The molecule has 0 radical (unpaired) electrons. The molecule has 7 nitrogen and oxygen atoms in total. The molecule has 1 atom stereocenters. The van der Waals surface area contributed by atoms with E-state index >= 15 is 0 Å². The largest absolute Gasteiger partial charge is 0.481 e. The molecule has 0 spiro atoms. The predicted molar refractivity (Wildman–Crippen MR) is 124 cm³/mol. The van der Waals surface area contributed by atoms with Gasteiger partial charge in [-0.15, -0.1) is 0 Å². The molecule has 1 fully saturated rings. The van der Waals surface area contributed by atoms with Crippen molar-refractivity contribution >= 4 is 33.7 Å². The molecule has 3 heterocycles. The minimum Gasteiger partial charge on any atom is -0.481 e. The Morgan fingerprint density at radius 1 is 1.03 bits per heavy atom. The van der Waals surface area contributed by atoms with E-state index in [1.807, 2.05) is 0 Å². The van der Waals surface area contributed by atoms with Crippen LogP contribution in [0, 0.1) is 0 Å². The maximum atomic E-state index is 12.5. The molecule has 0 bridgehead atoms. The number of hydrogen-bond donors (Lipinski definition) is 2. The highest BCUT2D eigenvalue weighted by Gasteiger charge is 2.20. The number of benzene rings is 2. The van der Waals surface area contributed by atoms with Gasteiger partial charge in [0.25, 0.3) is 0 Å². The fourth-order valence-electron chi connectivity index (χ4n) is 4.30. The lowest BCUT2D eigenvalue weighted by molar-refractivity contribution is -0.139. The molecule has 0 amide bonds. The number of aliphatic imine (C=N–C) groups is 1. The Morgan fingerprint density at radius 2 is 1.81 bits per heavy atom. The number of rotatable bonds is 3. The van der Waals surface area contributed by atoms with E-state index in [4.69, 9.17) is 9.52 Å². The van der Waals surface area contributed by atoms with Crippen molar-refractivity contribution in [2.45, 2.75) is 38.0 Å². The predicted octanol–water partition coefficient (Wildman–Crippen LogP) is 3.77. The van der Waals surface area contributed by atoms with E-state index in [9.17, 15) is 14.7 Å². The molecule has 2 N–H and O–H groups in total. The van der Waals surface area contributed by atoms with E-state index in [0.717, 1.165) is 6.54 Å². The monoisotopic (exact) mass is 436 g/mol. The molecule has 168 valence electrons. The lowest BCUT2D eigenvalue weighted by Gasteiger charge is -2.27. The Balaban J connectivity index is 0.000000186. The zero-order valence-electron chi connectivity index (χ0n) is 18.0. The number of carbonyl (C=O) groups is 1. The van der Waals surface area contributed by atoms with Gasteiger partial charge in [0, 0.05) is 26.1 Å². The smallest absolute Gasteiger partial charge is 0.313 e. The molecular formula is C25H28N2O5. The molecule has 3 aromatic rings. The number of hydrogen-bond acceptors (Lipinski definition) is 6. The SMILES string of the molecule is C1CCC2=NCCCN2CC1.O=C(O)C(CO)c1ccc2oc3ccccc3c(=O)c2c1. The standard InChI is InChI=1S/C16H12O5.C9H16N2/c17-8-12(16(19)20)9-5-6-14-11(7-9)15(18)10-3-1-2-4-13(10)21-14;1-2-5-9-10-6-4-8-11(9)7-3-1/h1-7,12,17H,8H2,(H,19,20);1-8H2. The van der Waals surface area contributed by atoms with Crippen LogP contribution in [0.15, 0.2) is 56.7 Å². The fourth-order valence-corrected chi connectivity index (χ4v) is 4.30. The van der Waals surface area contributed by atoms with Crippen molar-refractivity contribution in [1.82, 2.24) is 4.90 Å². The van der Waals surface area contributed by atoms with Gasteiger partial charge < -0.3 is 19.5 Å². The highest BCUT2D eigenvalue weighted by Crippen LogP contribution is 2.23. The number of aliphatic hydroxyl groups excluding tert-OH is 1. The second-order valence-corrected chi connectivity index (χ2v) is 8.21. The van der Waals surface area contributed by atoms with Crippen LogP contribution in [0.5, 0.6) is 0 Å². The summed E-state index contributed by atoms with van der Waals surface area (Å²) in [6, 6.07) is 11.5. The summed E-state index contributed by atoms with van der Waals surface area (Å²) in [4.78, 5) is 30.6. The number of carboxylic acid groups (broad SMARTS) is 1. The first-order chi connectivity index (χ1) is 15.6. The third-order valence-electron chi connectivity index (χ3n) is 6.06. The van der Waals surface area contributed by atoms with Gasteiger partial charge in [0.05, 0.1) is 23.2 Å². The van der Waals surface area contributed by atoms with Crippen molar-refractivity contribution in [2.24, 2.45) is 4.99 Å². The number of aliphatic hydroxyl groups is 1. The van der Waals surface area contributed by atoms with Crippen LogP contribution in [0.1, 0.15) is 43.6 Å². The molecule has 5 rings (SSSR count). The van der Waals surface area contributed by atoms with Gasteiger partial charge >= 0.3 is 5.97 Å². The van der Waals surface area contributed by atoms with E-state index < -0.39 is 18.5 Å². The third kappa shape index (κ3) is 4.67. The minimum absolute atomic E-state index is 0.212. The lowest BCUT2D eigenvalue weighted by atomic mass is 9.98. The van der Waals surface area contributed by atoms with Gasteiger partial charge in [-0.2, -0.15) is 0 Å². The summed E-state index contributed by atoms with van der Waals surface area (Å²) in [7, 11) is 0. The Hall–Kier alpha value is -3.19. The summed E-state index contributed by atoms with van der Waals surface area (Å²) in [6.45, 7) is 3.07. The normalized spacial score (nSPS) is 17.0. The quantitative estimate of drug-likeness (QED) is 0.606. The lowest BCUT2D eigenvalue weighted by Crippen LogP contribution is -2.34. The van der Waals surface area contributed by atoms with Gasteiger partial charge in [0.15, 0.2) is 0 Å². The molecule has 0 saturated carbocycles. The van der Waals surface area contributed by atoms with Crippen molar-refractivity contribution in [3.8, 4) is 0 Å². The Kier molecular flexibility index (Phi) is 6.85.